The maximum absolute atomic E-state index is 6.30. The molecule has 0 spiro atoms. The zero-order chi connectivity index (χ0) is 13.5. The molecular weight excluding hydrogens is 256 g/mol. The number of quaternary nitrogens is 1. The van der Waals surface area contributed by atoms with Gasteiger partial charge in [-0.2, -0.15) is 0 Å². The first-order valence-corrected chi connectivity index (χ1v) is 8.27. The van der Waals surface area contributed by atoms with Crippen LogP contribution >= 0.6 is 11.6 Å². The molecule has 2 heterocycles. The Kier molecular flexibility index (Phi) is 6.25. The predicted molar refractivity (Wildman–Crippen MR) is 82.2 cm³/mol. The van der Waals surface area contributed by atoms with Gasteiger partial charge in [0.1, 0.15) is 0 Å². The first-order valence-electron chi connectivity index (χ1n) is 7.89. The fourth-order valence-corrected chi connectivity index (χ4v) is 3.21. The highest BCUT2D eigenvalue weighted by atomic mass is 35.5. The molecule has 2 fully saturated rings. The number of hydrogen-bond acceptors (Lipinski definition) is 1. The Bertz CT molecular complexity index is 329. The maximum Gasteiger partial charge on any atom is 0.0757 e. The average Bonchev–Trinajstić information content (AvgIpc) is 3.10. The summed E-state index contributed by atoms with van der Waals surface area (Å²) < 4.78 is 0. The molecule has 2 saturated heterocycles. The van der Waals surface area contributed by atoms with E-state index in [1.165, 1.54) is 75.9 Å². The predicted octanol–water partition coefficient (Wildman–Crippen LogP) is 3.01. The lowest BCUT2D eigenvalue weighted by atomic mass is 9.96. The molecular formula is C16H28ClN2+. The zero-order valence-corrected chi connectivity index (χ0v) is 13.0. The number of likely N-dealkylation sites (tertiary alicyclic amines) is 1. The summed E-state index contributed by atoms with van der Waals surface area (Å²) in [6.07, 6.45) is 11.5. The van der Waals surface area contributed by atoms with Crippen LogP contribution in [0.3, 0.4) is 0 Å². The summed E-state index contributed by atoms with van der Waals surface area (Å²) in [6, 6.07) is 0. The number of allylic oxidation sites excluding steroid dienone is 3. The molecule has 0 aromatic heterocycles. The number of rotatable bonds is 1. The Morgan fingerprint density at radius 1 is 1.00 bits per heavy atom. The molecule has 0 aromatic rings. The van der Waals surface area contributed by atoms with Crippen LogP contribution in [0.25, 0.3) is 0 Å². The Hall–Kier alpha value is -0.470. The van der Waals surface area contributed by atoms with Gasteiger partial charge in [-0.15, -0.1) is 0 Å². The van der Waals surface area contributed by atoms with Crippen LogP contribution in [0.15, 0.2) is 22.4 Å². The first-order chi connectivity index (χ1) is 9.27. The smallest absolute Gasteiger partial charge is 0.0757 e. The molecule has 0 amide bonds. The Balaban J connectivity index is 0.000000224. The van der Waals surface area contributed by atoms with Gasteiger partial charge in [0.15, 0.2) is 0 Å². The van der Waals surface area contributed by atoms with Crippen molar-refractivity contribution in [1.29, 1.82) is 0 Å². The summed E-state index contributed by atoms with van der Waals surface area (Å²) in [6.45, 7) is 7.33. The van der Waals surface area contributed by atoms with Gasteiger partial charge < -0.3 is 10.2 Å². The molecule has 3 rings (SSSR count). The number of nitrogens with zero attached hydrogens (tertiary/aromatic N) is 1. The van der Waals surface area contributed by atoms with E-state index in [0.717, 1.165) is 11.5 Å². The van der Waals surface area contributed by atoms with Gasteiger partial charge in [0, 0.05) is 37.2 Å². The van der Waals surface area contributed by atoms with E-state index in [0.29, 0.717) is 0 Å². The van der Waals surface area contributed by atoms with E-state index in [-0.39, 0.29) is 0 Å². The van der Waals surface area contributed by atoms with E-state index in [1.807, 2.05) is 0 Å². The summed E-state index contributed by atoms with van der Waals surface area (Å²) in [5.41, 5.74) is 2.72. The quantitative estimate of drug-likeness (QED) is 0.784. The van der Waals surface area contributed by atoms with Crippen molar-refractivity contribution in [3.63, 3.8) is 0 Å². The molecule has 108 valence electrons. The van der Waals surface area contributed by atoms with Crippen molar-refractivity contribution in [3.05, 3.63) is 22.4 Å². The Morgan fingerprint density at radius 2 is 1.68 bits per heavy atom. The molecule has 2 nitrogen and oxygen atoms in total. The largest absolute Gasteiger partial charge is 0.377 e. The summed E-state index contributed by atoms with van der Waals surface area (Å²) in [5, 5.41) is 3.39. The third-order valence-electron chi connectivity index (χ3n) is 4.20. The third-order valence-corrected chi connectivity index (χ3v) is 4.77. The fourth-order valence-electron chi connectivity index (χ4n) is 2.97. The second-order valence-electron chi connectivity index (χ2n) is 5.92. The molecule has 0 atom stereocenters. The van der Waals surface area contributed by atoms with Crippen LogP contribution < -0.4 is 5.32 Å². The average molecular weight is 284 g/mol. The highest BCUT2D eigenvalue weighted by Gasteiger charge is 2.15. The second kappa shape index (κ2) is 7.96. The summed E-state index contributed by atoms with van der Waals surface area (Å²) in [4.78, 5) is 2.41. The van der Waals surface area contributed by atoms with Gasteiger partial charge in [-0.25, -0.2) is 0 Å². The molecule has 3 aliphatic rings. The van der Waals surface area contributed by atoms with Crippen LogP contribution in [-0.2, 0) is 0 Å². The Morgan fingerprint density at radius 3 is 2.26 bits per heavy atom. The van der Waals surface area contributed by atoms with Crippen LogP contribution in [0.1, 0.15) is 51.9 Å². The highest BCUT2D eigenvalue weighted by molar-refractivity contribution is 6.32. The number of hydrogen-bond donors (Lipinski definition) is 1. The molecule has 19 heavy (non-hydrogen) atoms. The van der Waals surface area contributed by atoms with Gasteiger partial charge in [0.2, 0.25) is 0 Å². The van der Waals surface area contributed by atoms with Crippen molar-refractivity contribution < 1.29 is 5.32 Å². The van der Waals surface area contributed by atoms with Gasteiger partial charge >= 0.3 is 0 Å². The van der Waals surface area contributed by atoms with Crippen LogP contribution in [0.5, 0.6) is 0 Å². The van der Waals surface area contributed by atoms with Crippen LogP contribution in [0.2, 0.25) is 0 Å². The van der Waals surface area contributed by atoms with E-state index >= 15 is 0 Å². The van der Waals surface area contributed by atoms with Crippen molar-refractivity contribution in [1.82, 2.24) is 4.90 Å². The number of halogens is 1. The van der Waals surface area contributed by atoms with Crippen molar-refractivity contribution in [2.24, 2.45) is 0 Å². The van der Waals surface area contributed by atoms with Gasteiger partial charge in [0.25, 0.3) is 0 Å². The van der Waals surface area contributed by atoms with E-state index in [9.17, 15) is 0 Å². The lowest BCUT2D eigenvalue weighted by molar-refractivity contribution is -0.635. The number of nitrogens with two attached hydrogens (primary N) is 1. The minimum absolute atomic E-state index is 1.03. The summed E-state index contributed by atoms with van der Waals surface area (Å²) in [5.74, 6) is 0. The summed E-state index contributed by atoms with van der Waals surface area (Å²) >= 11 is 6.30. The van der Waals surface area contributed by atoms with E-state index in [1.54, 1.807) is 0 Å². The topological polar surface area (TPSA) is 19.9 Å². The standard InChI is InChI=1S/C12H18ClN.C4H9N/c1-10-5-4-6-11(12(10)13)9-14-7-2-3-8-14;1-2-4-5-3-1/h9H,2-8H2,1H3;5H,1-4H2/p+1/b11-9+;. The molecule has 0 bridgehead atoms. The van der Waals surface area contributed by atoms with Crippen molar-refractivity contribution in [2.75, 3.05) is 26.2 Å². The van der Waals surface area contributed by atoms with Crippen LogP contribution in [0.4, 0.5) is 0 Å². The van der Waals surface area contributed by atoms with Crippen LogP contribution in [0, 0.1) is 0 Å². The minimum atomic E-state index is 1.03. The molecule has 2 N–H and O–H groups in total. The minimum Gasteiger partial charge on any atom is -0.377 e. The van der Waals surface area contributed by atoms with Crippen molar-refractivity contribution in [2.45, 2.75) is 51.9 Å². The maximum atomic E-state index is 6.30. The van der Waals surface area contributed by atoms with Gasteiger partial charge in [-0.1, -0.05) is 17.2 Å². The third kappa shape index (κ3) is 4.85. The molecule has 0 aromatic carbocycles. The first kappa shape index (κ1) is 14.9. The second-order valence-corrected chi connectivity index (χ2v) is 6.30. The van der Waals surface area contributed by atoms with Gasteiger partial charge in [-0.05, 0) is 44.6 Å². The monoisotopic (exact) mass is 283 g/mol. The molecule has 1 aliphatic carbocycles. The molecule has 0 radical (unpaired) electrons. The zero-order valence-electron chi connectivity index (χ0n) is 12.3. The molecule has 0 unspecified atom stereocenters. The van der Waals surface area contributed by atoms with E-state index in [2.05, 4.69) is 23.3 Å². The Labute approximate surface area is 122 Å². The SMILES string of the molecule is C1CC[NH2+]C1.CC1=C(Cl)/C(=C/N2CCCC2)CCC1. The molecule has 2 aliphatic heterocycles. The van der Waals surface area contributed by atoms with Crippen LogP contribution in [-0.4, -0.2) is 31.1 Å². The lowest BCUT2D eigenvalue weighted by Gasteiger charge is -2.20. The fraction of sp³-hybridized carbons (Fsp3) is 0.750. The lowest BCUT2D eigenvalue weighted by Crippen LogP contribution is -2.80. The normalized spacial score (nSPS) is 25.8. The van der Waals surface area contributed by atoms with E-state index < -0.39 is 0 Å². The van der Waals surface area contributed by atoms with Crippen molar-refractivity contribution >= 4 is 11.6 Å². The van der Waals surface area contributed by atoms with Crippen molar-refractivity contribution in [3.8, 4) is 0 Å². The molecule has 0 saturated carbocycles. The highest BCUT2D eigenvalue weighted by Crippen LogP contribution is 2.32. The van der Waals surface area contributed by atoms with Gasteiger partial charge in [-0.3, -0.25) is 0 Å². The molecule has 3 heteroatoms. The van der Waals surface area contributed by atoms with Gasteiger partial charge in [0.05, 0.1) is 13.1 Å². The van der Waals surface area contributed by atoms with E-state index in [4.69, 9.17) is 11.6 Å². The summed E-state index contributed by atoms with van der Waals surface area (Å²) in [7, 11) is 0.